The maximum absolute atomic E-state index is 3.52. The van der Waals surface area contributed by atoms with Gasteiger partial charge in [-0.3, -0.25) is 0 Å². The highest BCUT2D eigenvalue weighted by molar-refractivity contribution is 5.67. The first-order chi connectivity index (χ1) is 12.2. The van der Waals surface area contributed by atoms with Gasteiger partial charge in [-0.25, -0.2) is 0 Å². The van der Waals surface area contributed by atoms with Crippen LogP contribution in [0.5, 0.6) is 0 Å². The monoisotopic (exact) mass is 329 g/mol. The molecule has 4 aromatic heterocycles. The Morgan fingerprint density at radius 2 is 0.920 bits per heavy atom. The molecule has 0 saturated carbocycles. The number of rotatable bonds is 0. The third-order valence-electron chi connectivity index (χ3n) is 4.92. The zero-order chi connectivity index (χ0) is 17.0. The summed E-state index contributed by atoms with van der Waals surface area (Å²) in [6.07, 6.45) is 0. The molecule has 5 nitrogen and oxygen atoms in total. The molecular weight excluding hydrogens is 310 g/mol. The molecule has 124 valence electrons. The molecule has 0 fully saturated rings. The highest BCUT2D eigenvalue weighted by Gasteiger charge is 2.06. The normalized spacial score (nSPS) is 13.4. The summed E-state index contributed by atoms with van der Waals surface area (Å²) in [6, 6.07) is 16.8. The summed E-state index contributed by atoms with van der Waals surface area (Å²) in [6.45, 7) is 4.24. The van der Waals surface area contributed by atoms with E-state index in [1.54, 1.807) is 0 Å². The molecule has 1 aliphatic heterocycles. The third-order valence-corrected chi connectivity index (χ3v) is 4.92. The maximum atomic E-state index is 3.52. The predicted octanol–water partition coefficient (Wildman–Crippen LogP) is 2.78. The number of H-pyrrole nitrogens is 4. The van der Waals surface area contributed by atoms with E-state index < -0.39 is 0 Å². The van der Waals surface area contributed by atoms with Crippen LogP contribution in [0.1, 0.15) is 25.2 Å². The molecule has 4 aromatic rings. The Balaban J connectivity index is 1.90. The second-order valence-electron chi connectivity index (χ2n) is 6.52. The number of anilines is 2. The summed E-state index contributed by atoms with van der Waals surface area (Å²) in [7, 11) is 0. The van der Waals surface area contributed by atoms with Crippen LogP contribution in [-0.2, 0) is 0 Å². The van der Waals surface area contributed by atoms with Gasteiger partial charge >= 0.3 is 0 Å². The van der Waals surface area contributed by atoms with Crippen molar-refractivity contribution in [1.29, 1.82) is 0 Å². The lowest BCUT2D eigenvalue weighted by atomic mass is 10.2. The van der Waals surface area contributed by atoms with Crippen LogP contribution >= 0.6 is 0 Å². The Morgan fingerprint density at radius 3 is 1.40 bits per heavy atom. The first kappa shape index (κ1) is 14.0. The van der Waals surface area contributed by atoms with Crippen molar-refractivity contribution in [2.24, 2.45) is 0 Å². The average molecular weight is 329 g/mol. The fourth-order valence-electron chi connectivity index (χ4n) is 3.35. The molecule has 25 heavy (non-hydrogen) atoms. The van der Waals surface area contributed by atoms with E-state index in [2.05, 4.69) is 87.6 Å². The van der Waals surface area contributed by atoms with E-state index in [9.17, 15) is 0 Å². The summed E-state index contributed by atoms with van der Waals surface area (Å²) in [5.74, 6) is 1.92. The van der Waals surface area contributed by atoms with E-state index in [0.717, 1.165) is 44.4 Å². The van der Waals surface area contributed by atoms with Crippen LogP contribution in [0.4, 0.5) is 11.6 Å². The average Bonchev–Trinajstić information content (AvgIpc) is 3.38. The van der Waals surface area contributed by atoms with Crippen molar-refractivity contribution in [3.8, 4) is 0 Å². The lowest BCUT2D eigenvalue weighted by Gasteiger charge is -2.02. The van der Waals surface area contributed by atoms with Crippen molar-refractivity contribution < 1.29 is 0 Å². The third kappa shape index (κ3) is 2.24. The Morgan fingerprint density at radius 1 is 0.480 bits per heavy atom. The standard InChI is InChI=1S/C20H19N5/c1-11-13-3-5-17(21-13)18-6-4-14(22-18)12(2)16-8-10-20(24-16)25-19-9-7-15(11)23-19/h3-10,21-25H,1-2H3. The largest absolute Gasteiger partial charge is 0.354 e. The molecule has 0 atom stereocenters. The summed E-state index contributed by atoms with van der Waals surface area (Å²) in [5, 5.41) is 7.78. The zero-order valence-electron chi connectivity index (χ0n) is 14.1. The summed E-state index contributed by atoms with van der Waals surface area (Å²) in [4.78, 5) is 13.9. The number of hydrogen-bond donors (Lipinski definition) is 5. The van der Waals surface area contributed by atoms with Gasteiger partial charge in [0.05, 0.1) is 10.7 Å². The molecule has 0 aliphatic carbocycles. The molecular formula is C20H19N5. The highest BCUT2D eigenvalue weighted by atomic mass is 15.1. The minimum absolute atomic E-state index is 0.962. The van der Waals surface area contributed by atoms with Crippen LogP contribution in [0, 0.1) is 10.7 Å². The summed E-state index contributed by atoms with van der Waals surface area (Å²) >= 11 is 0. The quantitative estimate of drug-likeness (QED) is 0.338. The van der Waals surface area contributed by atoms with Crippen LogP contribution in [0.15, 0.2) is 48.5 Å². The molecule has 5 heterocycles. The van der Waals surface area contributed by atoms with Crippen LogP contribution in [0.3, 0.4) is 0 Å². The highest BCUT2D eigenvalue weighted by Crippen LogP contribution is 2.20. The minimum atomic E-state index is 0.962. The van der Waals surface area contributed by atoms with Crippen molar-refractivity contribution in [1.82, 2.24) is 19.9 Å². The lowest BCUT2D eigenvalue weighted by Crippen LogP contribution is -2.06. The van der Waals surface area contributed by atoms with Crippen molar-refractivity contribution >= 4 is 22.8 Å². The van der Waals surface area contributed by atoms with Gasteiger partial charge in [0.1, 0.15) is 11.6 Å². The van der Waals surface area contributed by atoms with Crippen molar-refractivity contribution in [3.63, 3.8) is 0 Å². The molecule has 8 bridgehead atoms. The van der Waals surface area contributed by atoms with Gasteiger partial charge in [-0.2, -0.15) is 0 Å². The topological polar surface area (TPSA) is 75.2 Å². The van der Waals surface area contributed by atoms with Gasteiger partial charge in [-0.05, 0) is 73.5 Å². The Kier molecular flexibility index (Phi) is 2.85. The van der Waals surface area contributed by atoms with Gasteiger partial charge in [0.15, 0.2) is 0 Å². The van der Waals surface area contributed by atoms with Gasteiger partial charge in [-0.1, -0.05) is 0 Å². The molecule has 5 heteroatoms. The van der Waals surface area contributed by atoms with E-state index in [0.29, 0.717) is 0 Å². The lowest BCUT2D eigenvalue weighted by molar-refractivity contribution is 1.16. The van der Waals surface area contributed by atoms with E-state index >= 15 is 0 Å². The van der Waals surface area contributed by atoms with E-state index in [1.165, 1.54) is 11.1 Å². The van der Waals surface area contributed by atoms with E-state index in [-0.39, 0.29) is 0 Å². The molecule has 5 N–H and O–H groups in total. The fourth-order valence-corrected chi connectivity index (χ4v) is 3.35. The van der Waals surface area contributed by atoms with E-state index in [1.807, 2.05) is 0 Å². The Bertz CT molecular complexity index is 1190. The second kappa shape index (κ2) is 5.08. The van der Waals surface area contributed by atoms with Crippen molar-refractivity contribution in [2.75, 3.05) is 5.32 Å². The minimum Gasteiger partial charge on any atom is -0.354 e. The zero-order valence-corrected chi connectivity index (χ0v) is 14.1. The molecule has 0 saturated heterocycles. The first-order valence-corrected chi connectivity index (χ1v) is 8.39. The molecule has 0 unspecified atom stereocenters. The summed E-state index contributed by atoms with van der Waals surface area (Å²) in [5.41, 5.74) is 4.53. The van der Waals surface area contributed by atoms with Crippen LogP contribution < -0.4 is 16.0 Å². The van der Waals surface area contributed by atoms with Crippen LogP contribution in [0.25, 0.3) is 11.1 Å². The number of aromatic amines is 4. The predicted molar refractivity (Wildman–Crippen MR) is 99.7 cm³/mol. The molecule has 5 rings (SSSR count). The van der Waals surface area contributed by atoms with Crippen LogP contribution in [-0.4, -0.2) is 19.9 Å². The Hall–Kier alpha value is -3.34. The van der Waals surface area contributed by atoms with Crippen molar-refractivity contribution in [3.05, 3.63) is 81.3 Å². The molecule has 1 aliphatic rings. The van der Waals surface area contributed by atoms with E-state index in [4.69, 9.17) is 0 Å². The molecule has 0 amide bonds. The van der Waals surface area contributed by atoms with Gasteiger partial charge < -0.3 is 25.3 Å². The maximum Gasteiger partial charge on any atom is 0.109 e. The number of hydrogen-bond acceptors (Lipinski definition) is 1. The van der Waals surface area contributed by atoms with Gasteiger partial charge in [0.25, 0.3) is 0 Å². The fraction of sp³-hybridized carbons (Fsp3) is 0.100. The molecule has 0 aromatic carbocycles. The van der Waals surface area contributed by atoms with Gasteiger partial charge in [0, 0.05) is 22.1 Å². The summed E-state index contributed by atoms with van der Waals surface area (Å²) < 4.78 is 0. The molecule has 0 radical (unpaired) electrons. The number of aromatic nitrogens is 4. The second-order valence-corrected chi connectivity index (χ2v) is 6.52. The van der Waals surface area contributed by atoms with Gasteiger partial charge in [-0.15, -0.1) is 0 Å². The Labute approximate surface area is 143 Å². The SMILES string of the molecule is CC1=c2ccc([nH]2)=c2ccc([nH]2)=C(C)c2ccc([nH]2)Nc2ccc1[nH]2. The number of fused-ring (bicyclic) bond motifs is 8. The van der Waals surface area contributed by atoms with Crippen LogP contribution in [0.2, 0.25) is 0 Å². The number of nitrogens with one attached hydrogen (secondary N) is 5. The molecule has 0 spiro atoms. The van der Waals surface area contributed by atoms with Crippen molar-refractivity contribution in [2.45, 2.75) is 13.8 Å². The first-order valence-electron chi connectivity index (χ1n) is 8.39. The van der Waals surface area contributed by atoms with Gasteiger partial charge in [0.2, 0.25) is 0 Å². The smallest absolute Gasteiger partial charge is 0.109 e.